The molecule has 0 aliphatic carbocycles. The fraction of sp³-hybridized carbons (Fsp3) is 0.0952. The number of aromatic nitrogens is 1. The minimum absolute atomic E-state index is 0.0945. The van der Waals surface area contributed by atoms with Crippen molar-refractivity contribution in [3.8, 4) is 5.75 Å². The summed E-state index contributed by atoms with van der Waals surface area (Å²) in [5.41, 5.74) is 0.862. The van der Waals surface area contributed by atoms with Crippen LogP contribution >= 0.6 is 0 Å². The predicted molar refractivity (Wildman–Crippen MR) is 115 cm³/mol. The Hall–Kier alpha value is -3.92. The van der Waals surface area contributed by atoms with Crippen molar-refractivity contribution in [2.75, 3.05) is 23.7 Å². The number of rotatable bonds is 8. The Morgan fingerprint density at radius 1 is 1.03 bits per heavy atom. The number of pyridine rings is 1. The molecule has 0 saturated heterocycles. The zero-order valence-electron chi connectivity index (χ0n) is 16.5. The number of carbonyl (C=O) groups excluding carboxylic acids is 2. The van der Waals surface area contributed by atoms with E-state index in [1.165, 1.54) is 37.6 Å². The lowest BCUT2D eigenvalue weighted by molar-refractivity contribution is -0.115. The quantitative estimate of drug-likeness (QED) is 0.493. The van der Waals surface area contributed by atoms with Gasteiger partial charge < -0.3 is 15.4 Å². The van der Waals surface area contributed by atoms with Crippen molar-refractivity contribution in [1.29, 1.82) is 0 Å². The van der Waals surface area contributed by atoms with Crippen LogP contribution in [0.5, 0.6) is 5.75 Å². The van der Waals surface area contributed by atoms with Crippen LogP contribution in [0.25, 0.3) is 0 Å². The molecule has 3 N–H and O–H groups in total. The molecule has 0 bridgehead atoms. The van der Waals surface area contributed by atoms with Crippen LogP contribution in [0, 0.1) is 0 Å². The van der Waals surface area contributed by atoms with Gasteiger partial charge >= 0.3 is 0 Å². The van der Waals surface area contributed by atoms with E-state index in [9.17, 15) is 18.0 Å². The largest absolute Gasteiger partial charge is 0.495 e. The van der Waals surface area contributed by atoms with Crippen LogP contribution in [0.2, 0.25) is 0 Å². The number of anilines is 2. The van der Waals surface area contributed by atoms with Gasteiger partial charge in [0, 0.05) is 11.8 Å². The average Bonchev–Trinajstić information content (AvgIpc) is 2.78. The van der Waals surface area contributed by atoms with E-state index in [0.717, 1.165) is 0 Å². The Morgan fingerprint density at radius 3 is 2.58 bits per heavy atom. The van der Waals surface area contributed by atoms with Gasteiger partial charge in [0.15, 0.2) is 0 Å². The fourth-order valence-corrected chi connectivity index (χ4v) is 3.76. The molecule has 1 aromatic heterocycles. The highest BCUT2D eigenvalue weighted by molar-refractivity contribution is 7.92. The van der Waals surface area contributed by atoms with E-state index in [1.54, 1.807) is 42.6 Å². The van der Waals surface area contributed by atoms with Crippen molar-refractivity contribution in [3.63, 3.8) is 0 Å². The number of hydrogen-bond acceptors (Lipinski definition) is 6. The summed E-state index contributed by atoms with van der Waals surface area (Å²) >= 11 is 0. The maximum Gasteiger partial charge on any atom is 0.262 e. The average molecular weight is 440 g/mol. The number of hydrogen-bond donors (Lipinski definition) is 3. The molecular weight excluding hydrogens is 420 g/mol. The summed E-state index contributed by atoms with van der Waals surface area (Å²) in [6.07, 6.45) is 3.05. The third-order valence-electron chi connectivity index (χ3n) is 4.11. The highest BCUT2D eigenvalue weighted by Crippen LogP contribution is 2.26. The zero-order chi connectivity index (χ0) is 22.3. The van der Waals surface area contributed by atoms with E-state index in [1.807, 2.05) is 0 Å². The van der Waals surface area contributed by atoms with Gasteiger partial charge in [-0.3, -0.25) is 19.3 Å². The highest BCUT2D eigenvalue weighted by Gasteiger charge is 2.18. The minimum Gasteiger partial charge on any atom is -0.495 e. The van der Waals surface area contributed by atoms with E-state index in [-0.39, 0.29) is 22.7 Å². The molecule has 0 fully saturated rings. The second-order valence-electron chi connectivity index (χ2n) is 6.31. The molecule has 31 heavy (non-hydrogen) atoms. The maximum atomic E-state index is 12.7. The molecule has 0 radical (unpaired) electrons. The molecule has 9 nitrogen and oxygen atoms in total. The summed E-state index contributed by atoms with van der Waals surface area (Å²) in [5, 5.41) is 5.05. The van der Waals surface area contributed by atoms with Crippen molar-refractivity contribution < 1.29 is 22.7 Å². The minimum atomic E-state index is -3.97. The summed E-state index contributed by atoms with van der Waals surface area (Å²) in [4.78, 5) is 28.1. The molecule has 2 amide bonds. The lowest BCUT2D eigenvalue weighted by Gasteiger charge is -2.12. The summed E-state index contributed by atoms with van der Waals surface area (Å²) in [6.45, 7) is -0.288. The normalized spacial score (nSPS) is 10.7. The number of amides is 2. The van der Waals surface area contributed by atoms with Gasteiger partial charge in [-0.15, -0.1) is 0 Å². The van der Waals surface area contributed by atoms with Crippen LogP contribution in [0.3, 0.4) is 0 Å². The number of para-hydroxylation sites is 2. The molecule has 0 unspecified atom stereocenters. The molecule has 3 aromatic rings. The second-order valence-corrected chi connectivity index (χ2v) is 7.99. The molecule has 3 rings (SSSR count). The van der Waals surface area contributed by atoms with Gasteiger partial charge in [-0.05, 0) is 42.5 Å². The summed E-state index contributed by atoms with van der Waals surface area (Å²) in [7, 11) is -2.54. The molecule has 0 aliphatic rings. The van der Waals surface area contributed by atoms with Gasteiger partial charge in [0.2, 0.25) is 5.91 Å². The van der Waals surface area contributed by atoms with Gasteiger partial charge in [0.05, 0.1) is 36.1 Å². The Bertz CT molecular complexity index is 1180. The monoisotopic (exact) mass is 440 g/mol. The van der Waals surface area contributed by atoms with Crippen LogP contribution in [0.1, 0.15) is 10.4 Å². The maximum absolute atomic E-state index is 12.7. The molecular formula is C21H20N4O5S. The van der Waals surface area contributed by atoms with Crippen LogP contribution in [0.15, 0.2) is 78.0 Å². The number of benzene rings is 2. The SMILES string of the molecule is COc1ccccc1NS(=O)(=O)c1cccc(C(=O)NCC(=O)Nc2cccnc2)c1. The summed E-state index contributed by atoms with van der Waals surface area (Å²) in [5.74, 6) is -0.668. The van der Waals surface area contributed by atoms with E-state index in [4.69, 9.17) is 4.74 Å². The summed E-state index contributed by atoms with van der Waals surface area (Å²) < 4.78 is 33.1. The Labute approximate surface area is 179 Å². The third kappa shape index (κ3) is 5.80. The van der Waals surface area contributed by atoms with Gasteiger partial charge in [-0.2, -0.15) is 0 Å². The van der Waals surface area contributed by atoms with Gasteiger partial charge in [-0.1, -0.05) is 18.2 Å². The molecule has 0 spiro atoms. The first-order valence-electron chi connectivity index (χ1n) is 9.13. The van der Waals surface area contributed by atoms with Gasteiger partial charge in [-0.25, -0.2) is 8.42 Å². The second kappa shape index (κ2) is 9.72. The van der Waals surface area contributed by atoms with Crippen molar-refractivity contribution in [3.05, 3.63) is 78.6 Å². The van der Waals surface area contributed by atoms with Gasteiger partial charge in [0.1, 0.15) is 5.75 Å². The third-order valence-corrected chi connectivity index (χ3v) is 5.48. The zero-order valence-corrected chi connectivity index (χ0v) is 17.3. The molecule has 160 valence electrons. The molecule has 0 saturated carbocycles. The smallest absolute Gasteiger partial charge is 0.262 e. The first-order chi connectivity index (χ1) is 14.9. The van der Waals surface area contributed by atoms with Crippen LogP contribution in [-0.4, -0.2) is 38.9 Å². The highest BCUT2D eigenvalue weighted by atomic mass is 32.2. The van der Waals surface area contributed by atoms with Crippen molar-refractivity contribution in [1.82, 2.24) is 10.3 Å². The van der Waals surface area contributed by atoms with Crippen molar-refractivity contribution in [2.45, 2.75) is 4.90 Å². The number of carbonyl (C=O) groups is 2. The van der Waals surface area contributed by atoms with E-state index in [2.05, 4.69) is 20.3 Å². The Kier molecular flexibility index (Phi) is 6.83. The number of methoxy groups -OCH3 is 1. The van der Waals surface area contributed by atoms with Crippen LogP contribution < -0.4 is 20.1 Å². The number of nitrogens with one attached hydrogen (secondary N) is 3. The first-order valence-corrected chi connectivity index (χ1v) is 10.6. The molecule has 1 heterocycles. The number of sulfonamides is 1. The van der Waals surface area contributed by atoms with Crippen LogP contribution in [-0.2, 0) is 14.8 Å². The lowest BCUT2D eigenvalue weighted by Crippen LogP contribution is -2.33. The molecule has 0 aliphatic heterocycles. The van der Waals surface area contributed by atoms with E-state index in [0.29, 0.717) is 11.4 Å². The summed E-state index contributed by atoms with van der Waals surface area (Å²) in [6, 6.07) is 15.4. The topological polar surface area (TPSA) is 126 Å². The number of ether oxygens (including phenoxy) is 1. The van der Waals surface area contributed by atoms with E-state index >= 15 is 0 Å². The molecule has 0 atom stereocenters. The lowest BCUT2D eigenvalue weighted by atomic mass is 10.2. The molecule has 10 heteroatoms. The van der Waals surface area contributed by atoms with E-state index < -0.39 is 21.8 Å². The standard InChI is InChI=1S/C21H20N4O5S/c1-30-19-10-3-2-9-18(19)25-31(28,29)17-8-4-6-15(12-17)21(27)23-14-20(26)24-16-7-5-11-22-13-16/h2-13,25H,14H2,1H3,(H,23,27)(H,24,26). The van der Waals surface area contributed by atoms with Crippen molar-refractivity contribution >= 4 is 33.2 Å². The predicted octanol–water partition coefficient (Wildman–Crippen LogP) is 2.26. The fourth-order valence-electron chi connectivity index (χ4n) is 2.64. The van der Waals surface area contributed by atoms with Gasteiger partial charge in [0.25, 0.3) is 15.9 Å². The number of nitrogens with zero attached hydrogens (tertiary/aromatic N) is 1. The van der Waals surface area contributed by atoms with Crippen molar-refractivity contribution in [2.24, 2.45) is 0 Å². The first kappa shape index (κ1) is 21.8. The Balaban J connectivity index is 1.67. The van der Waals surface area contributed by atoms with Crippen LogP contribution in [0.4, 0.5) is 11.4 Å². The molecule has 2 aromatic carbocycles. The Morgan fingerprint density at radius 2 is 1.84 bits per heavy atom.